The molecule has 0 fully saturated rings. The number of anilines is 2. The predicted octanol–water partition coefficient (Wildman–Crippen LogP) is 2.39. The largest absolute Gasteiger partial charge is 0.364 e. The van der Waals surface area contributed by atoms with E-state index < -0.39 is 0 Å². The van der Waals surface area contributed by atoms with Gasteiger partial charge >= 0.3 is 0 Å². The first kappa shape index (κ1) is 13.4. The Morgan fingerprint density at radius 1 is 1.37 bits per heavy atom. The number of nitrogens with zero attached hydrogens (tertiary/aromatic N) is 3. The van der Waals surface area contributed by atoms with Crippen molar-refractivity contribution in [2.45, 2.75) is 20.3 Å². The van der Waals surface area contributed by atoms with Crippen molar-refractivity contribution in [1.29, 1.82) is 5.26 Å². The van der Waals surface area contributed by atoms with Crippen LogP contribution in [0.2, 0.25) is 0 Å². The Morgan fingerprint density at radius 2 is 2.11 bits per heavy atom. The minimum Gasteiger partial charge on any atom is -0.364 e. The van der Waals surface area contributed by atoms with Crippen molar-refractivity contribution in [3.05, 3.63) is 23.8 Å². The maximum Gasteiger partial charge on any atom is 0.246 e. The van der Waals surface area contributed by atoms with Crippen LogP contribution in [0.1, 0.15) is 25.8 Å². The zero-order valence-corrected chi connectivity index (χ0v) is 11.7. The molecule has 1 aliphatic rings. The van der Waals surface area contributed by atoms with Crippen molar-refractivity contribution in [3.63, 3.8) is 0 Å². The molecule has 0 atom stereocenters. The van der Waals surface area contributed by atoms with Crippen LogP contribution in [-0.4, -0.2) is 26.0 Å². The molecule has 4 nitrogen and oxygen atoms in total. The number of rotatable bonds is 3. The Labute approximate surface area is 114 Å². The normalized spacial score (nSPS) is 14.6. The standard InChI is InChI=1S/C15H19N3O/c1-11(2)6-7-18-14-8-12(9-16)4-5-13(14)17(3)10-15(18)19/h4-5,8,11H,6-7,10H2,1-3H3. The summed E-state index contributed by atoms with van der Waals surface area (Å²) < 4.78 is 0. The van der Waals surface area contributed by atoms with Crippen LogP contribution >= 0.6 is 0 Å². The molecule has 0 bridgehead atoms. The molecule has 0 saturated heterocycles. The monoisotopic (exact) mass is 257 g/mol. The molecule has 0 aromatic heterocycles. The van der Waals surface area contributed by atoms with Gasteiger partial charge in [0.2, 0.25) is 5.91 Å². The quantitative estimate of drug-likeness (QED) is 0.835. The first-order valence-electron chi connectivity index (χ1n) is 6.58. The first-order chi connectivity index (χ1) is 9.02. The molecule has 2 rings (SSSR count). The van der Waals surface area contributed by atoms with Crippen LogP contribution in [0.25, 0.3) is 0 Å². The van der Waals surface area contributed by atoms with E-state index in [2.05, 4.69) is 19.9 Å². The summed E-state index contributed by atoms with van der Waals surface area (Å²) in [6.07, 6.45) is 0.964. The van der Waals surface area contributed by atoms with Gasteiger partial charge in [0.25, 0.3) is 0 Å². The Balaban J connectivity index is 2.37. The van der Waals surface area contributed by atoms with Crippen molar-refractivity contribution in [3.8, 4) is 6.07 Å². The summed E-state index contributed by atoms with van der Waals surface area (Å²) in [5.74, 6) is 0.654. The minimum atomic E-state index is 0.103. The number of amides is 1. The van der Waals surface area contributed by atoms with E-state index in [0.29, 0.717) is 24.6 Å². The molecule has 4 heteroatoms. The lowest BCUT2D eigenvalue weighted by Crippen LogP contribution is -2.45. The number of likely N-dealkylation sites (N-methyl/N-ethyl adjacent to an activating group) is 1. The van der Waals surface area contributed by atoms with Crippen LogP contribution in [0, 0.1) is 17.2 Å². The van der Waals surface area contributed by atoms with Crippen molar-refractivity contribution in [2.75, 3.05) is 29.9 Å². The molecule has 0 aliphatic carbocycles. The molecule has 1 aliphatic heterocycles. The summed E-state index contributed by atoms with van der Waals surface area (Å²) in [6, 6.07) is 7.66. The molecule has 1 amide bonds. The fraction of sp³-hybridized carbons (Fsp3) is 0.467. The molecule has 19 heavy (non-hydrogen) atoms. The summed E-state index contributed by atoms with van der Waals surface area (Å²) in [6.45, 7) is 5.41. The molecular formula is C15H19N3O. The number of carbonyl (C=O) groups excluding carboxylic acids is 1. The third kappa shape index (κ3) is 2.70. The van der Waals surface area contributed by atoms with Gasteiger partial charge in [-0.05, 0) is 30.5 Å². The molecule has 1 aromatic rings. The van der Waals surface area contributed by atoms with Gasteiger partial charge in [-0.15, -0.1) is 0 Å². The molecule has 1 aromatic carbocycles. The third-order valence-corrected chi connectivity index (χ3v) is 3.41. The lowest BCUT2D eigenvalue weighted by molar-refractivity contribution is -0.117. The SMILES string of the molecule is CC(C)CCN1C(=O)CN(C)c2ccc(C#N)cc21. The molecular weight excluding hydrogens is 238 g/mol. The Morgan fingerprint density at radius 3 is 2.74 bits per heavy atom. The van der Waals surface area contributed by atoms with Crippen molar-refractivity contribution < 1.29 is 4.79 Å². The highest BCUT2D eigenvalue weighted by atomic mass is 16.2. The van der Waals surface area contributed by atoms with E-state index in [1.54, 1.807) is 6.07 Å². The number of nitriles is 1. The number of carbonyl (C=O) groups is 1. The second-order valence-electron chi connectivity index (χ2n) is 5.40. The van der Waals surface area contributed by atoms with Gasteiger partial charge in [-0.3, -0.25) is 4.79 Å². The number of hydrogen-bond acceptors (Lipinski definition) is 3. The highest BCUT2D eigenvalue weighted by molar-refractivity contribution is 6.03. The maximum absolute atomic E-state index is 12.2. The lowest BCUT2D eigenvalue weighted by Gasteiger charge is -2.35. The average molecular weight is 257 g/mol. The van der Waals surface area contributed by atoms with Crippen LogP contribution in [-0.2, 0) is 4.79 Å². The van der Waals surface area contributed by atoms with Gasteiger partial charge in [0.15, 0.2) is 0 Å². The van der Waals surface area contributed by atoms with E-state index in [4.69, 9.17) is 5.26 Å². The van der Waals surface area contributed by atoms with Gasteiger partial charge < -0.3 is 9.80 Å². The molecule has 0 spiro atoms. The average Bonchev–Trinajstić information content (AvgIpc) is 2.37. The van der Waals surface area contributed by atoms with E-state index in [9.17, 15) is 4.79 Å². The highest BCUT2D eigenvalue weighted by Crippen LogP contribution is 2.33. The minimum absolute atomic E-state index is 0.103. The fourth-order valence-corrected chi connectivity index (χ4v) is 2.27. The van der Waals surface area contributed by atoms with Gasteiger partial charge in [0.05, 0.1) is 29.6 Å². The van der Waals surface area contributed by atoms with E-state index in [1.807, 2.05) is 29.0 Å². The van der Waals surface area contributed by atoms with Crippen LogP contribution < -0.4 is 9.80 Å². The molecule has 0 unspecified atom stereocenters. The lowest BCUT2D eigenvalue weighted by atomic mass is 10.1. The van der Waals surface area contributed by atoms with E-state index in [0.717, 1.165) is 17.8 Å². The fourth-order valence-electron chi connectivity index (χ4n) is 2.27. The second-order valence-corrected chi connectivity index (χ2v) is 5.40. The summed E-state index contributed by atoms with van der Waals surface area (Å²) >= 11 is 0. The van der Waals surface area contributed by atoms with Gasteiger partial charge in [0, 0.05) is 13.6 Å². The molecule has 0 saturated carbocycles. The van der Waals surface area contributed by atoms with Crippen LogP contribution in [0.5, 0.6) is 0 Å². The molecule has 0 radical (unpaired) electrons. The maximum atomic E-state index is 12.2. The molecule has 100 valence electrons. The predicted molar refractivity (Wildman–Crippen MR) is 76.2 cm³/mol. The summed E-state index contributed by atoms with van der Waals surface area (Å²) in [4.78, 5) is 15.9. The molecule has 0 N–H and O–H groups in total. The van der Waals surface area contributed by atoms with Gasteiger partial charge in [0.1, 0.15) is 0 Å². The van der Waals surface area contributed by atoms with E-state index in [-0.39, 0.29) is 5.91 Å². The summed E-state index contributed by atoms with van der Waals surface area (Å²) in [5, 5.41) is 9.01. The number of fused-ring (bicyclic) bond motifs is 1. The Kier molecular flexibility index (Phi) is 3.75. The molecule has 1 heterocycles. The third-order valence-electron chi connectivity index (χ3n) is 3.41. The van der Waals surface area contributed by atoms with Gasteiger partial charge in [-0.1, -0.05) is 13.8 Å². The number of hydrogen-bond donors (Lipinski definition) is 0. The van der Waals surface area contributed by atoms with Crippen molar-refractivity contribution >= 4 is 17.3 Å². The van der Waals surface area contributed by atoms with Crippen molar-refractivity contribution in [1.82, 2.24) is 0 Å². The zero-order valence-electron chi connectivity index (χ0n) is 11.7. The first-order valence-corrected chi connectivity index (χ1v) is 6.58. The number of benzene rings is 1. The van der Waals surface area contributed by atoms with E-state index >= 15 is 0 Å². The summed E-state index contributed by atoms with van der Waals surface area (Å²) in [7, 11) is 1.91. The zero-order chi connectivity index (χ0) is 14.0. The smallest absolute Gasteiger partial charge is 0.246 e. The van der Waals surface area contributed by atoms with Gasteiger partial charge in [-0.2, -0.15) is 5.26 Å². The second kappa shape index (κ2) is 5.31. The van der Waals surface area contributed by atoms with Gasteiger partial charge in [-0.25, -0.2) is 0 Å². The van der Waals surface area contributed by atoms with E-state index in [1.165, 1.54) is 0 Å². The topological polar surface area (TPSA) is 47.3 Å². The van der Waals surface area contributed by atoms with Crippen LogP contribution in [0.3, 0.4) is 0 Å². The van der Waals surface area contributed by atoms with Crippen LogP contribution in [0.4, 0.5) is 11.4 Å². The Hall–Kier alpha value is -2.02. The van der Waals surface area contributed by atoms with Crippen molar-refractivity contribution in [2.24, 2.45) is 5.92 Å². The highest BCUT2D eigenvalue weighted by Gasteiger charge is 2.27. The summed E-state index contributed by atoms with van der Waals surface area (Å²) in [5.41, 5.74) is 2.47. The van der Waals surface area contributed by atoms with Crippen LogP contribution in [0.15, 0.2) is 18.2 Å². The Bertz CT molecular complexity index is 531.